The summed E-state index contributed by atoms with van der Waals surface area (Å²) in [6, 6.07) is 1.46. The smallest absolute Gasteiger partial charge is 0.242 e. The molecule has 0 atom stereocenters. The minimum Gasteiger partial charge on any atom is -0.390 e. The number of nitrogens with one attached hydrogen (secondary N) is 2. The lowest BCUT2D eigenvalue weighted by Crippen LogP contribution is -2.36. The molecule has 1 saturated heterocycles. The van der Waals surface area contributed by atoms with Crippen molar-refractivity contribution < 1.29 is 13.5 Å². The summed E-state index contributed by atoms with van der Waals surface area (Å²) in [4.78, 5) is 5.17. The predicted octanol–water partition coefficient (Wildman–Crippen LogP) is 0.127. The van der Waals surface area contributed by atoms with Crippen LogP contribution < -0.4 is 4.72 Å². The van der Waals surface area contributed by atoms with Crippen LogP contribution in [0.1, 0.15) is 18.5 Å². The fourth-order valence-electron chi connectivity index (χ4n) is 2.24. The number of aliphatic hydroxyl groups excluding tert-OH is 1. The lowest BCUT2D eigenvalue weighted by Gasteiger charge is -2.28. The number of aromatic amines is 1. The van der Waals surface area contributed by atoms with Gasteiger partial charge in [-0.25, -0.2) is 13.1 Å². The molecule has 0 aromatic carbocycles. The maximum Gasteiger partial charge on any atom is 0.242 e. The second-order valence-corrected chi connectivity index (χ2v) is 6.88. The number of sulfonamides is 1. The van der Waals surface area contributed by atoms with Gasteiger partial charge in [0.2, 0.25) is 10.0 Å². The molecule has 1 aliphatic heterocycles. The normalized spacial score (nSPS) is 18.8. The van der Waals surface area contributed by atoms with E-state index >= 15 is 0 Å². The predicted molar refractivity (Wildman–Crippen MR) is 72.1 cm³/mol. The minimum absolute atomic E-state index is 0.185. The van der Waals surface area contributed by atoms with Gasteiger partial charge in [0.15, 0.2) is 0 Å². The van der Waals surface area contributed by atoms with E-state index in [2.05, 4.69) is 21.7 Å². The molecule has 3 N–H and O–H groups in total. The molecule has 0 unspecified atom stereocenters. The Hall–Kier alpha value is -0.890. The molecule has 0 amide bonds. The summed E-state index contributed by atoms with van der Waals surface area (Å²) in [7, 11) is -1.39. The molecule has 0 aliphatic carbocycles. The first-order chi connectivity index (χ1) is 9.01. The van der Waals surface area contributed by atoms with Crippen LogP contribution in [0.2, 0.25) is 0 Å². The number of hydrogen-bond donors (Lipinski definition) is 3. The van der Waals surface area contributed by atoms with E-state index in [0.29, 0.717) is 18.2 Å². The highest BCUT2D eigenvalue weighted by Gasteiger charge is 2.21. The third-order valence-electron chi connectivity index (χ3n) is 3.60. The van der Waals surface area contributed by atoms with Gasteiger partial charge < -0.3 is 15.0 Å². The van der Waals surface area contributed by atoms with E-state index < -0.39 is 10.0 Å². The first kappa shape index (κ1) is 14.5. The molecule has 0 radical (unpaired) electrons. The van der Waals surface area contributed by atoms with Gasteiger partial charge in [0.1, 0.15) is 0 Å². The van der Waals surface area contributed by atoms with E-state index in [9.17, 15) is 8.42 Å². The van der Waals surface area contributed by atoms with Crippen LogP contribution in [0, 0.1) is 5.92 Å². The molecule has 7 heteroatoms. The highest BCUT2D eigenvalue weighted by atomic mass is 32.2. The van der Waals surface area contributed by atoms with Crippen LogP contribution >= 0.6 is 0 Å². The van der Waals surface area contributed by atoms with Crippen molar-refractivity contribution in [3.63, 3.8) is 0 Å². The number of H-pyrrole nitrogens is 1. The Kier molecular flexibility index (Phi) is 4.62. The van der Waals surface area contributed by atoms with Crippen molar-refractivity contribution in [2.24, 2.45) is 5.92 Å². The van der Waals surface area contributed by atoms with Gasteiger partial charge in [-0.2, -0.15) is 0 Å². The van der Waals surface area contributed by atoms with Crippen LogP contribution in [0.5, 0.6) is 0 Å². The molecular formula is C12H21N3O3S. The summed E-state index contributed by atoms with van der Waals surface area (Å²) in [5.41, 5.74) is 0.500. The van der Waals surface area contributed by atoms with Crippen LogP contribution in [-0.2, 0) is 16.6 Å². The van der Waals surface area contributed by atoms with E-state index in [0.717, 1.165) is 25.9 Å². The SMILES string of the molecule is CN1CCC(CNS(=O)(=O)c2c[nH]c(CO)c2)CC1. The van der Waals surface area contributed by atoms with Crippen LogP contribution in [0.15, 0.2) is 17.2 Å². The Morgan fingerprint density at radius 3 is 2.74 bits per heavy atom. The number of nitrogens with zero attached hydrogens (tertiary/aromatic N) is 1. The molecule has 0 bridgehead atoms. The molecule has 0 spiro atoms. The third kappa shape index (κ3) is 3.79. The largest absolute Gasteiger partial charge is 0.390 e. The van der Waals surface area contributed by atoms with Crippen LogP contribution in [0.25, 0.3) is 0 Å². The van der Waals surface area contributed by atoms with Crippen molar-refractivity contribution in [3.8, 4) is 0 Å². The monoisotopic (exact) mass is 287 g/mol. The second kappa shape index (κ2) is 6.04. The summed E-state index contributed by atoms with van der Waals surface area (Å²) in [6.45, 7) is 2.33. The maximum atomic E-state index is 12.0. The van der Waals surface area contributed by atoms with Gasteiger partial charge >= 0.3 is 0 Å². The maximum absolute atomic E-state index is 12.0. The van der Waals surface area contributed by atoms with Crippen LogP contribution in [-0.4, -0.2) is 50.1 Å². The average Bonchev–Trinajstić information content (AvgIpc) is 2.88. The molecule has 2 rings (SSSR count). The molecular weight excluding hydrogens is 266 g/mol. The molecule has 1 aliphatic rings. The number of rotatable bonds is 5. The van der Waals surface area contributed by atoms with Gasteiger partial charge in [-0.1, -0.05) is 0 Å². The zero-order chi connectivity index (χ0) is 13.9. The van der Waals surface area contributed by atoms with Crippen molar-refractivity contribution in [1.82, 2.24) is 14.6 Å². The van der Waals surface area contributed by atoms with Crippen molar-refractivity contribution in [2.45, 2.75) is 24.3 Å². The highest BCUT2D eigenvalue weighted by molar-refractivity contribution is 7.89. The van der Waals surface area contributed by atoms with Gasteiger partial charge in [0.25, 0.3) is 0 Å². The number of piperidine rings is 1. The lowest BCUT2D eigenvalue weighted by molar-refractivity contribution is 0.220. The van der Waals surface area contributed by atoms with Crippen molar-refractivity contribution in [2.75, 3.05) is 26.7 Å². The Balaban J connectivity index is 1.90. The summed E-state index contributed by atoms with van der Waals surface area (Å²) >= 11 is 0. The van der Waals surface area contributed by atoms with E-state index in [-0.39, 0.29) is 11.5 Å². The Labute approximate surface area is 113 Å². The fourth-order valence-corrected chi connectivity index (χ4v) is 3.38. The Bertz CT molecular complexity index is 504. The molecule has 0 saturated carbocycles. The highest BCUT2D eigenvalue weighted by Crippen LogP contribution is 2.16. The van der Waals surface area contributed by atoms with Crippen LogP contribution in [0.4, 0.5) is 0 Å². The van der Waals surface area contributed by atoms with Crippen molar-refractivity contribution in [3.05, 3.63) is 18.0 Å². The third-order valence-corrected chi connectivity index (χ3v) is 5.00. The van der Waals surface area contributed by atoms with E-state index in [1.54, 1.807) is 0 Å². The van der Waals surface area contributed by atoms with Gasteiger partial charge in [-0.15, -0.1) is 0 Å². The Morgan fingerprint density at radius 1 is 1.47 bits per heavy atom. The number of hydrogen-bond acceptors (Lipinski definition) is 4. The van der Waals surface area contributed by atoms with E-state index in [1.165, 1.54) is 12.3 Å². The molecule has 1 aromatic heterocycles. The molecule has 2 heterocycles. The molecule has 1 fully saturated rings. The first-order valence-corrected chi connectivity index (χ1v) is 7.96. The second-order valence-electron chi connectivity index (χ2n) is 5.12. The van der Waals surface area contributed by atoms with Crippen LogP contribution in [0.3, 0.4) is 0 Å². The zero-order valence-corrected chi connectivity index (χ0v) is 11.9. The topological polar surface area (TPSA) is 85.4 Å². The number of aromatic nitrogens is 1. The number of likely N-dealkylation sites (tertiary alicyclic amines) is 1. The molecule has 108 valence electrons. The summed E-state index contributed by atoms with van der Waals surface area (Å²) < 4.78 is 26.7. The van der Waals surface area contributed by atoms with Gasteiger partial charge in [0.05, 0.1) is 11.5 Å². The van der Waals surface area contributed by atoms with Crippen molar-refractivity contribution in [1.29, 1.82) is 0 Å². The first-order valence-electron chi connectivity index (χ1n) is 6.47. The fraction of sp³-hybridized carbons (Fsp3) is 0.667. The standard InChI is InChI=1S/C12H21N3O3S/c1-15-4-2-10(3-5-15)7-14-19(17,18)12-6-11(9-16)13-8-12/h6,8,10,13-14,16H,2-5,7,9H2,1H3. The van der Waals surface area contributed by atoms with Gasteiger partial charge in [0, 0.05) is 18.4 Å². The molecule has 6 nitrogen and oxygen atoms in total. The quantitative estimate of drug-likeness (QED) is 0.718. The minimum atomic E-state index is -3.47. The molecule has 19 heavy (non-hydrogen) atoms. The zero-order valence-electron chi connectivity index (χ0n) is 11.1. The average molecular weight is 287 g/mol. The molecule has 1 aromatic rings. The summed E-state index contributed by atoms with van der Waals surface area (Å²) in [5.74, 6) is 0.405. The van der Waals surface area contributed by atoms with E-state index in [4.69, 9.17) is 5.11 Å². The van der Waals surface area contributed by atoms with Crippen molar-refractivity contribution >= 4 is 10.0 Å². The summed E-state index contributed by atoms with van der Waals surface area (Å²) in [6.07, 6.45) is 3.45. The van der Waals surface area contributed by atoms with Gasteiger partial charge in [-0.05, 0) is 45.0 Å². The van der Waals surface area contributed by atoms with E-state index in [1.807, 2.05) is 0 Å². The van der Waals surface area contributed by atoms with Gasteiger partial charge in [-0.3, -0.25) is 0 Å². The lowest BCUT2D eigenvalue weighted by atomic mass is 9.98. The summed E-state index contributed by atoms with van der Waals surface area (Å²) in [5, 5.41) is 8.92. The Morgan fingerprint density at radius 2 is 2.16 bits per heavy atom. The number of aliphatic hydroxyl groups is 1.